The second kappa shape index (κ2) is 5.74. The summed E-state index contributed by atoms with van der Waals surface area (Å²) < 4.78 is 7.93. The molecule has 0 N–H and O–H groups in total. The van der Waals surface area contributed by atoms with Crippen LogP contribution in [0, 0.1) is 12.8 Å². The molecule has 1 saturated heterocycles. The predicted molar refractivity (Wildman–Crippen MR) is 82.5 cm³/mol. The van der Waals surface area contributed by atoms with E-state index in [0.717, 1.165) is 37.4 Å². The average molecular weight is 293 g/mol. The lowest BCUT2D eigenvalue weighted by atomic mass is 10.00. The van der Waals surface area contributed by atoms with E-state index in [1.807, 2.05) is 0 Å². The average Bonchev–Trinajstić information content (AvgIpc) is 3.05. The van der Waals surface area contributed by atoms with E-state index < -0.39 is 0 Å². The summed E-state index contributed by atoms with van der Waals surface area (Å²) in [6, 6.07) is 6.86. The van der Waals surface area contributed by atoms with E-state index in [1.165, 1.54) is 11.1 Å². The Kier molecular flexibility index (Phi) is 3.99. The van der Waals surface area contributed by atoms with Crippen molar-refractivity contribution in [2.45, 2.75) is 32.7 Å². The lowest BCUT2D eigenvalue weighted by Gasteiger charge is -2.22. The van der Waals surface area contributed by atoms with Gasteiger partial charge in [-0.1, -0.05) is 6.07 Å². The second-order valence-corrected chi connectivity index (χ2v) is 6.07. The highest BCUT2D eigenvalue weighted by molar-refractivity contribution is 6.17. The SMILES string of the molecule is Cc1ccc2nc(CCCl)n(C(C)C3CCOC3)c2c1. The Labute approximate surface area is 124 Å². The van der Waals surface area contributed by atoms with Gasteiger partial charge in [0, 0.05) is 30.9 Å². The zero-order valence-corrected chi connectivity index (χ0v) is 12.9. The van der Waals surface area contributed by atoms with Gasteiger partial charge in [-0.2, -0.15) is 0 Å². The van der Waals surface area contributed by atoms with Crippen LogP contribution in [0.15, 0.2) is 18.2 Å². The summed E-state index contributed by atoms with van der Waals surface area (Å²) in [7, 11) is 0. The van der Waals surface area contributed by atoms with Gasteiger partial charge in [0.2, 0.25) is 0 Å². The summed E-state index contributed by atoms with van der Waals surface area (Å²) in [4.78, 5) is 4.77. The van der Waals surface area contributed by atoms with Gasteiger partial charge in [-0.05, 0) is 38.0 Å². The van der Waals surface area contributed by atoms with Crippen molar-refractivity contribution in [1.82, 2.24) is 9.55 Å². The van der Waals surface area contributed by atoms with E-state index in [2.05, 4.69) is 36.6 Å². The third-order valence-corrected chi connectivity index (χ3v) is 4.48. The minimum absolute atomic E-state index is 0.405. The van der Waals surface area contributed by atoms with E-state index >= 15 is 0 Å². The third-order valence-electron chi connectivity index (χ3n) is 4.29. The van der Waals surface area contributed by atoms with Crippen LogP contribution in [0.5, 0.6) is 0 Å². The van der Waals surface area contributed by atoms with Crippen LogP contribution in [-0.2, 0) is 11.2 Å². The fraction of sp³-hybridized carbons (Fsp3) is 0.562. The maximum atomic E-state index is 5.95. The molecule has 2 aromatic rings. The van der Waals surface area contributed by atoms with Crippen molar-refractivity contribution in [3.05, 3.63) is 29.6 Å². The van der Waals surface area contributed by atoms with Crippen LogP contribution < -0.4 is 0 Å². The summed E-state index contributed by atoms with van der Waals surface area (Å²) in [5.74, 6) is 2.28. The van der Waals surface area contributed by atoms with Crippen molar-refractivity contribution in [3.63, 3.8) is 0 Å². The van der Waals surface area contributed by atoms with Gasteiger partial charge in [-0.3, -0.25) is 0 Å². The van der Waals surface area contributed by atoms with Crippen molar-refractivity contribution >= 4 is 22.6 Å². The van der Waals surface area contributed by atoms with Crippen LogP contribution in [0.1, 0.15) is 30.8 Å². The molecule has 0 spiro atoms. The highest BCUT2D eigenvalue weighted by atomic mass is 35.5. The van der Waals surface area contributed by atoms with Gasteiger partial charge in [0.05, 0.1) is 17.6 Å². The molecule has 0 radical (unpaired) electrons. The molecule has 20 heavy (non-hydrogen) atoms. The molecule has 4 heteroatoms. The Bertz CT molecular complexity index is 602. The van der Waals surface area contributed by atoms with Gasteiger partial charge >= 0.3 is 0 Å². The number of hydrogen-bond acceptors (Lipinski definition) is 2. The molecule has 1 fully saturated rings. The number of ether oxygens (including phenoxy) is 1. The van der Waals surface area contributed by atoms with Crippen molar-refractivity contribution in [1.29, 1.82) is 0 Å². The molecule has 3 nitrogen and oxygen atoms in total. The molecule has 1 aromatic carbocycles. The maximum Gasteiger partial charge on any atom is 0.111 e. The summed E-state index contributed by atoms with van der Waals surface area (Å²) in [5, 5.41) is 0. The molecule has 3 rings (SSSR count). The molecular weight excluding hydrogens is 272 g/mol. The van der Waals surface area contributed by atoms with Gasteiger partial charge in [-0.25, -0.2) is 4.98 Å². The first-order chi connectivity index (χ1) is 9.70. The van der Waals surface area contributed by atoms with E-state index in [1.54, 1.807) is 0 Å². The molecule has 2 heterocycles. The number of hydrogen-bond donors (Lipinski definition) is 0. The standard InChI is InChI=1S/C16H21ClN2O/c1-11-3-4-14-15(9-11)19(16(18-14)5-7-17)12(2)13-6-8-20-10-13/h3-4,9,12-13H,5-8,10H2,1-2H3. The van der Waals surface area contributed by atoms with Crippen LogP contribution in [-0.4, -0.2) is 28.6 Å². The number of rotatable bonds is 4. The summed E-state index contributed by atoms with van der Waals surface area (Å²) in [5.41, 5.74) is 3.57. The molecule has 1 aliphatic rings. The first-order valence-electron chi connectivity index (χ1n) is 7.32. The molecule has 0 aliphatic carbocycles. The smallest absolute Gasteiger partial charge is 0.111 e. The van der Waals surface area contributed by atoms with Crippen molar-refractivity contribution < 1.29 is 4.74 Å². The van der Waals surface area contributed by atoms with Gasteiger partial charge in [0.15, 0.2) is 0 Å². The van der Waals surface area contributed by atoms with Gasteiger partial charge in [-0.15, -0.1) is 11.6 Å². The lowest BCUT2D eigenvalue weighted by molar-refractivity contribution is 0.175. The molecule has 1 aliphatic heterocycles. The van der Waals surface area contributed by atoms with E-state index in [4.69, 9.17) is 21.3 Å². The van der Waals surface area contributed by atoms with Crippen molar-refractivity contribution in [2.75, 3.05) is 19.1 Å². The fourth-order valence-corrected chi connectivity index (χ4v) is 3.28. The molecule has 0 bridgehead atoms. The predicted octanol–water partition coefficient (Wildman–Crippen LogP) is 3.72. The van der Waals surface area contributed by atoms with Crippen molar-refractivity contribution in [2.24, 2.45) is 5.92 Å². The number of nitrogens with zero attached hydrogens (tertiary/aromatic N) is 2. The minimum atomic E-state index is 0.405. The number of alkyl halides is 1. The van der Waals surface area contributed by atoms with Gasteiger partial charge < -0.3 is 9.30 Å². The zero-order chi connectivity index (χ0) is 14.1. The van der Waals surface area contributed by atoms with E-state index in [-0.39, 0.29) is 0 Å². The summed E-state index contributed by atoms with van der Waals surface area (Å²) in [6.07, 6.45) is 1.94. The molecule has 108 valence electrons. The Morgan fingerprint density at radius 2 is 2.35 bits per heavy atom. The largest absolute Gasteiger partial charge is 0.381 e. The first kappa shape index (κ1) is 13.9. The molecule has 2 atom stereocenters. The maximum absolute atomic E-state index is 5.95. The number of aromatic nitrogens is 2. The van der Waals surface area contributed by atoms with Crippen LogP contribution in [0.3, 0.4) is 0 Å². The van der Waals surface area contributed by atoms with Crippen LogP contribution >= 0.6 is 11.6 Å². The van der Waals surface area contributed by atoms with Crippen LogP contribution in [0.4, 0.5) is 0 Å². The van der Waals surface area contributed by atoms with Crippen molar-refractivity contribution in [3.8, 4) is 0 Å². The van der Waals surface area contributed by atoms with Gasteiger partial charge in [0.1, 0.15) is 5.82 Å². The highest BCUT2D eigenvalue weighted by Gasteiger charge is 2.26. The minimum Gasteiger partial charge on any atom is -0.381 e. The normalized spacial score (nSPS) is 20.6. The number of halogens is 1. The molecule has 1 aromatic heterocycles. The number of fused-ring (bicyclic) bond motifs is 1. The van der Waals surface area contributed by atoms with Crippen LogP contribution in [0.25, 0.3) is 11.0 Å². The highest BCUT2D eigenvalue weighted by Crippen LogP contribution is 2.31. The Morgan fingerprint density at radius 1 is 1.50 bits per heavy atom. The van der Waals surface area contributed by atoms with Gasteiger partial charge in [0.25, 0.3) is 0 Å². The number of aryl methyl sites for hydroxylation is 2. The summed E-state index contributed by atoms with van der Waals surface area (Å²) in [6.45, 7) is 6.14. The molecule has 0 amide bonds. The molecular formula is C16H21ClN2O. The van der Waals surface area contributed by atoms with Crippen LogP contribution in [0.2, 0.25) is 0 Å². The molecule has 0 saturated carbocycles. The zero-order valence-electron chi connectivity index (χ0n) is 12.1. The fourth-order valence-electron chi connectivity index (χ4n) is 3.11. The topological polar surface area (TPSA) is 27.1 Å². The quantitative estimate of drug-likeness (QED) is 0.803. The third kappa shape index (κ3) is 2.45. The number of benzene rings is 1. The van der Waals surface area contributed by atoms with E-state index in [0.29, 0.717) is 17.8 Å². The Balaban J connectivity index is 2.09. The monoisotopic (exact) mass is 292 g/mol. The first-order valence-corrected chi connectivity index (χ1v) is 7.85. The van der Waals surface area contributed by atoms with E-state index in [9.17, 15) is 0 Å². The lowest BCUT2D eigenvalue weighted by Crippen LogP contribution is -2.19. The number of imidazole rings is 1. The Morgan fingerprint density at radius 3 is 3.05 bits per heavy atom. The summed E-state index contributed by atoms with van der Waals surface area (Å²) >= 11 is 5.95. The second-order valence-electron chi connectivity index (χ2n) is 5.69. The molecule has 2 unspecified atom stereocenters. The Hall–Kier alpha value is -1.06.